The topological polar surface area (TPSA) is 34.4 Å². The molecule has 0 atom stereocenters. The van der Waals surface area contributed by atoms with Crippen molar-refractivity contribution in [2.75, 3.05) is 0 Å². The number of ketones is 1. The number of fused-ring (bicyclic) bond motifs is 3. The van der Waals surface area contributed by atoms with Crippen LogP contribution >= 0.6 is 11.3 Å². The molecule has 5 rings (SSSR count). The van der Waals surface area contributed by atoms with Gasteiger partial charge in [-0.2, -0.15) is 0 Å². The van der Waals surface area contributed by atoms with Crippen LogP contribution in [0.4, 0.5) is 0 Å². The van der Waals surface area contributed by atoms with E-state index in [0.29, 0.717) is 6.42 Å². The van der Waals surface area contributed by atoms with Crippen molar-refractivity contribution in [3.8, 4) is 22.5 Å². The lowest BCUT2D eigenvalue weighted by Crippen LogP contribution is -2.26. The van der Waals surface area contributed by atoms with Gasteiger partial charge in [-0.05, 0) is 11.8 Å². The van der Waals surface area contributed by atoms with E-state index < -0.39 is 0 Å². The van der Waals surface area contributed by atoms with Gasteiger partial charge in [-0.15, -0.1) is 0 Å². The molecule has 1 aliphatic carbocycles. The number of aromatic nitrogens is 2. The molecule has 0 amide bonds. The molecule has 2 aromatic heterocycles. The molecule has 0 radical (unpaired) electrons. The Morgan fingerprint density at radius 1 is 0.926 bits per heavy atom. The number of Topliss-reactive ketones (excluding diaryl/α,β-unsaturated/α-hetero) is 1. The number of rotatable bonds is 2. The Morgan fingerprint density at radius 3 is 2.22 bits per heavy atom. The van der Waals surface area contributed by atoms with Crippen LogP contribution in [0.25, 0.3) is 27.5 Å². The molecular weight excluding hydrogens is 352 g/mol. The Kier molecular flexibility index (Phi) is 3.59. The van der Waals surface area contributed by atoms with Crippen LogP contribution in [0.15, 0.2) is 60.7 Å². The number of hydrogen-bond donors (Lipinski definition) is 0. The summed E-state index contributed by atoms with van der Waals surface area (Å²) in [6.45, 7) is 4.35. The predicted molar refractivity (Wildman–Crippen MR) is 110 cm³/mol. The van der Waals surface area contributed by atoms with Gasteiger partial charge in [-0.3, -0.25) is 9.20 Å². The lowest BCUT2D eigenvalue weighted by Gasteiger charge is -2.28. The van der Waals surface area contributed by atoms with Crippen LogP contribution in [0, 0.1) is 5.41 Å². The second-order valence-electron chi connectivity index (χ2n) is 7.98. The lowest BCUT2D eigenvalue weighted by atomic mass is 9.78. The molecule has 0 fully saturated rings. The van der Waals surface area contributed by atoms with Crippen LogP contribution in [0.5, 0.6) is 0 Å². The van der Waals surface area contributed by atoms with Gasteiger partial charge >= 0.3 is 0 Å². The van der Waals surface area contributed by atoms with Gasteiger partial charge in [-0.25, -0.2) is 4.98 Å². The van der Waals surface area contributed by atoms with E-state index in [0.717, 1.165) is 44.5 Å². The lowest BCUT2D eigenvalue weighted by molar-refractivity contribution is 0.0915. The summed E-state index contributed by atoms with van der Waals surface area (Å²) in [5.74, 6) is 0.247. The van der Waals surface area contributed by atoms with Gasteiger partial charge in [0.2, 0.25) is 0 Å². The van der Waals surface area contributed by atoms with E-state index in [1.807, 2.05) is 24.3 Å². The third-order valence-corrected chi connectivity index (χ3v) is 6.33. The van der Waals surface area contributed by atoms with Crippen molar-refractivity contribution >= 4 is 22.1 Å². The number of benzene rings is 2. The van der Waals surface area contributed by atoms with Crippen molar-refractivity contribution < 1.29 is 4.79 Å². The van der Waals surface area contributed by atoms with Crippen molar-refractivity contribution in [1.82, 2.24) is 9.38 Å². The fraction of sp³-hybridized carbons (Fsp3) is 0.217. The summed E-state index contributed by atoms with van der Waals surface area (Å²) >= 11 is 1.54. The first kappa shape index (κ1) is 16.5. The van der Waals surface area contributed by atoms with Gasteiger partial charge in [0.25, 0.3) is 0 Å². The van der Waals surface area contributed by atoms with Crippen LogP contribution in [-0.4, -0.2) is 15.2 Å². The van der Waals surface area contributed by atoms with Gasteiger partial charge < -0.3 is 0 Å². The van der Waals surface area contributed by atoms with Gasteiger partial charge in [0.15, 0.2) is 10.7 Å². The predicted octanol–water partition coefficient (Wildman–Crippen LogP) is 5.88. The molecule has 4 aromatic rings. The SMILES string of the molecule is CC1(C)CC(=O)c2sc3nc(-c4ccccc4)c(-c4ccccc4)n3c2C1. The summed E-state index contributed by atoms with van der Waals surface area (Å²) in [7, 11) is 0. The highest BCUT2D eigenvalue weighted by Gasteiger charge is 2.36. The van der Waals surface area contributed by atoms with E-state index in [2.05, 4.69) is 54.6 Å². The molecular formula is C23H20N2OS. The van der Waals surface area contributed by atoms with Gasteiger partial charge in [0, 0.05) is 23.2 Å². The average molecular weight is 372 g/mol. The van der Waals surface area contributed by atoms with Crippen LogP contribution < -0.4 is 0 Å². The monoisotopic (exact) mass is 372 g/mol. The maximum Gasteiger partial charge on any atom is 0.195 e. The van der Waals surface area contributed by atoms with Gasteiger partial charge in [0.05, 0.1) is 16.3 Å². The van der Waals surface area contributed by atoms with Gasteiger partial charge in [-0.1, -0.05) is 85.8 Å². The highest BCUT2D eigenvalue weighted by molar-refractivity contribution is 7.19. The molecule has 0 spiro atoms. The molecule has 0 saturated carbocycles. The molecule has 0 bridgehead atoms. The number of carbonyl (C=O) groups is 1. The molecule has 0 unspecified atom stereocenters. The summed E-state index contributed by atoms with van der Waals surface area (Å²) in [6, 6.07) is 20.7. The van der Waals surface area contributed by atoms with Crippen molar-refractivity contribution in [3.63, 3.8) is 0 Å². The fourth-order valence-corrected chi connectivity index (χ4v) is 5.12. The summed E-state index contributed by atoms with van der Waals surface area (Å²) in [4.78, 5) is 19.5. The molecule has 4 heteroatoms. The highest BCUT2D eigenvalue weighted by atomic mass is 32.1. The normalized spacial score (nSPS) is 15.9. The smallest absolute Gasteiger partial charge is 0.195 e. The Hall–Kier alpha value is -2.72. The van der Waals surface area contributed by atoms with Gasteiger partial charge in [0.1, 0.15) is 0 Å². The van der Waals surface area contributed by atoms with E-state index in [1.54, 1.807) is 0 Å². The Morgan fingerprint density at radius 2 is 1.56 bits per heavy atom. The first-order valence-electron chi connectivity index (χ1n) is 9.22. The first-order valence-corrected chi connectivity index (χ1v) is 10.0. The highest BCUT2D eigenvalue weighted by Crippen LogP contribution is 2.43. The Balaban J connectivity index is 1.86. The van der Waals surface area contributed by atoms with E-state index in [1.165, 1.54) is 11.3 Å². The van der Waals surface area contributed by atoms with Crippen molar-refractivity contribution in [2.24, 2.45) is 5.41 Å². The summed E-state index contributed by atoms with van der Waals surface area (Å²) in [5, 5.41) is 0. The second kappa shape index (κ2) is 5.89. The minimum absolute atomic E-state index is 0.0246. The summed E-state index contributed by atoms with van der Waals surface area (Å²) in [6.07, 6.45) is 1.49. The average Bonchev–Trinajstić information content (AvgIpc) is 3.19. The van der Waals surface area contributed by atoms with E-state index in [9.17, 15) is 4.79 Å². The van der Waals surface area contributed by atoms with Crippen molar-refractivity contribution in [1.29, 1.82) is 0 Å². The zero-order valence-corrected chi connectivity index (χ0v) is 16.2. The molecule has 3 nitrogen and oxygen atoms in total. The molecule has 27 heavy (non-hydrogen) atoms. The fourth-order valence-electron chi connectivity index (χ4n) is 4.04. The van der Waals surface area contributed by atoms with Crippen LogP contribution in [0.3, 0.4) is 0 Å². The minimum atomic E-state index is -0.0246. The van der Waals surface area contributed by atoms with Crippen LogP contribution in [0.1, 0.15) is 35.6 Å². The third-order valence-electron chi connectivity index (χ3n) is 5.20. The largest absolute Gasteiger partial charge is 0.293 e. The Labute approximate surface area is 162 Å². The number of imidazole rings is 1. The summed E-state index contributed by atoms with van der Waals surface area (Å²) in [5.41, 5.74) is 5.38. The zero-order valence-electron chi connectivity index (χ0n) is 15.4. The first-order chi connectivity index (χ1) is 13.0. The second-order valence-corrected chi connectivity index (χ2v) is 8.96. The molecule has 134 valence electrons. The number of nitrogens with zero attached hydrogens (tertiary/aromatic N) is 2. The van der Waals surface area contributed by atoms with Crippen molar-refractivity contribution in [3.05, 3.63) is 71.2 Å². The molecule has 0 aliphatic heterocycles. The maximum absolute atomic E-state index is 12.7. The third kappa shape index (κ3) is 2.63. The van der Waals surface area contributed by atoms with E-state index in [-0.39, 0.29) is 11.2 Å². The quantitative estimate of drug-likeness (QED) is 0.440. The number of thiazole rings is 1. The van der Waals surface area contributed by atoms with E-state index in [4.69, 9.17) is 4.98 Å². The molecule has 2 heterocycles. The molecule has 2 aromatic carbocycles. The standard InChI is InChI=1S/C23H20N2OS/c1-23(2)13-17-21(18(26)14-23)27-22-24-19(15-9-5-3-6-10-15)20(25(17)22)16-11-7-4-8-12-16/h3-12H,13-14H2,1-2H3. The minimum Gasteiger partial charge on any atom is -0.293 e. The number of hydrogen-bond acceptors (Lipinski definition) is 3. The van der Waals surface area contributed by atoms with E-state index >= 15 is 0 Å². The van der Waals surface area contributed by atoms with Crippen LogP contribution in [-0.2, 0) is 6.42 Å². The molecule has 0 N–H and O–H groups in total. The molecule has 1 aliphatic rings. The van der Waals surface area contributed by atoms with Crippen LogP contribution in [0.2, 0.25) is 0 Å². The maximum atomic E-state index is 12.7. The zero-order chi connectivity index (χ0) is 18.6. The van der Waals surface area contributed by atoms with Crippen molar-refractivity contribution in [2.45, 2.75) is 26.7 Å². The molecule has 0 saturated heterocycles. The Bertz CT molecular complexity index is 1150. The number of carbonyl (C=O) groups excluding carboxylic acids is 1. The summed E-state index contributed by atoms with van der Waals surface area (Å²) < 4.78 is 2.23.